The Bertz CT molecular complexity index is 212. The van der Waals surface area contributed by atoms with E-state index in [0.29, 0.717) is 11.0 Å². The highest BCUT2D eigenvalue weighted by Crippen LogP contribution is 2.71. The zero-order valence-electron chi connectivity index (χ0n) is 8.83. The highest BCUT2D eigenvalue weighted by Gasteiger charge is 2.69. The van der Waals surface area contributed by atoms with Crippen molar-refractivity contribution in [1.82, 2.24) is 5.43 Å². The number of nitrogens with two attached hydrogens (primary N) is 1. The molecule has 0 atom stereocenters. The van der Waals surface area contributed by atoms with Crippen LogP contribution >= 0.6 is 24.8 Å². The van der Waals surface area contributed by atoms with Gasteiger partial charge >= 0.3 is 0 Å². The molecular weight excluding hydrogens is 235 g/mol. The van der Waals surface area contributed by atoms with E-state index in [2.05, 4.69) is 5.43 Å². The maximum atomic E-state index is 5.52. The van der Waals surface area contributed by atoms with Gasteiger partial charge in [-0.3, -0.25) is 11.3 Å². The van der Waals surface area contributed by atoms with Crippen LogP contribution in [0.1, 0.15) is 32.1 Å². The van der Waals surface area contributed by atoms with E-state index >= 15 is 0 Å². The zero-order chi connectivity index (χ0) is 8.94. The molecule has 0 aromatic rings. The van der Waals surface area contributed by atoms with Crippen LogP contribution in [0.4, 0.5) is 0 Å². The highest BCUT2D eigenvalue weighted by molar-refractivity contribution is 5.85. The van der Waals surface area contributed by atoms with Gasteiger partial charge in [0, 0.05) is 18.8 Å². The summed E-state index contributed by atoms with van der Waals surface area (Å²) in [4.78, 5) is 0. The standard InChI is InChI=1S/C10H18N2O.2ClH/c11-12-10-5-9(6-10,7-10)8-1-3-13-4-2-8;;/h8,12H,1-7,11H2;2*1H. The molecule has 4 aliphatic rings. The summed E-state index contributed by atoms with van der Waals surface area (Å²) in [6, 6.07) is 0. The summed E-state index contributed by atoms with van der Waals surface area (Å²) in [6.07, 6.45) is 6.52. The van der Waals surface area contributed by atoms with Crippen LogP contribution in [0.2, 0.25) is 0 Å². The quantitative estimate of drug-likeness (QED) is 0.582. The number of hydrogen-bond acceptors (Lipinski definition) is 3. The summed E-state index contributed by atoms with van der Waals surface area (Å²) in [5.74, 6) is 6.45. The summed E-state index contributed by atoms with van der Waals surface area (Å²) in [6.45, 7) is 1.96. The largest absolute Gasteiger partial charge is 0.381 e. The van der Waals surface area contributed by atoms with Crippen LogP contribution in [0.15, 0.2) is 0 Å². The second kappa shape index (κ2) is 4.38. The first-order valence-electron chi connectivity index (χ1n) is 5.34. The number of halogens is 2. The smallest absolute Gasteiger partial charge is 0.0468 e. The van der Waals surface area contributed by atoms with Gasteiger partial charge in [0.25, 0.3) is 0 Å². The van der Waals surface area contributed by atoms with Gasteiger partial charge in [0.05, 0.1) is 0 Å². The second-order valence-electron chi connectivity index (χ2n) is 5.20. The molecule has 2 bridgehead atoms. The predicted molar refractivity (Wildman–Crippen MR) is 64.4 cm³/mol. The van der Waals surface area contributed by atoms with Crippen molar-refractivity contribution in [1.29, 1.82) is 0 Å². The SMILES string of the molecule is Cl.Cl.NNC12CC(C3CCOCC3)(C1)C2. The first-order chi connectivity index (χ1) is 6.29. The number of nitrogens with one attached hydrogen (secondary N) is 1. The van der Waals surface area contributed by atoms with E-state index in [1.165, 1.54) is 32.1 Å². The van der Waals surface area contributed by atoms with E-state index in [0.717, 1.165) is 19.1 Å². The van der Waals surface area contributed by atoms with Crippen LogP contribution in [0.5, 0.6) is 0 Å². The first-order valence-corrected chi connectivity index (χ1v) is 5.34. The topological polar surface area (TPSA) is 47.3 Å². The minimum atomic E-state index is 0. The molecule has 5 heteroatoms. The molecule has 90 valence electrons. The Hall–Kier alpha value is 0.460. The van der Waals surface area contributed by atoms with E-state index in [1.54, 1.807) is 0 Å². The van der Waals surface area contributed by atoms with Crippen LogP contribution in [0.3, 0.4) is 0 Å². The molecule has 1 heterocycles. The van der Waals surface area contributed by atoms with E-state index in [-0.39, 0.29) is 24.8 Å². The fourth-order valence-corrected chi connectivity index (χ4v) is 3.76. The van der Waals surface area contributed by atoms with Crippen molar-refractivity contribution >= 4 is 24.8 Å². The molecule has 3 N–H and O–H groups in total. The van der Waals surface area contributed by atoms with Gasteiger partial charge in [-0.05, 0) is 43.4 Å². The van der Waals surface area contributed by atoms with Crippen molar-refractivity contribution in [2.45, 2.75) is 37.6 Å². The maximum absolute atomic E-state index is 5.52. The maximum Gasteiger partial charge on any atom is 0.0468 e. The van der Waals surface area contributed by atoms with Crippen molar-refractivity contribution in [2.75, 3.05) is 13.2 Å². The molecule has 0 aromatic carbocycles. The fraction of sp³-hybridized carbons (Fsp3) is 1.00. The minimum Gasteiger partial charge on any atom is -0.381 e. The van der Waals surface area contributed by atoms with E-state index in [9.17, 15) is 0 Å². The van der Waals surface area contributed by atoms with Crippen LogP contribution in [-0.4, -0.2) is 18.8 Å². The third-order valence-corrected chi connectivity index (χ3v) is 4.46. The third kappa shape index (κ3) is 1.79. The lowest BCUT2D eigenvalue weighted by molar-refractivity contribution is -0.206. The summed E-state index contributed by atoms with van der Waals surface area (Å²) in [5.41, 5.74) is 4.01. The molecule has 3 aliphatic carbocycles. The fourth-order valence-electron chi connectivity index (χ4n) is 3.76. The lowest BCUT2D eigenvalue weighted by atomic mass is 9.35. The van der Waals surface area contributed by atoms with Gasteiger partial charge in [-0.25, -0.2) is 0 Å². The molecule has 0 radical (unpaired) electrons. The Morgan fingerprint density at radius 1 is 1.07 bits per heavy atom. The Labute approximate surface area is 103 Å². The Morgan fingerprint density at radius 3 is 2.07 bits per heavy atom. The van der Waals surface area contributed by atoms with Gasteiger partial charge in [-0.1, -0.05) is 0 Å². The number of ether oxygens (including phenoxy) is 1. The average molecular weight is 255 g/mol. The summed E-state index contributed by atoms with van der Waals surface area (Å²) >= 11 is 0. The number of hydrogen-bond donors (Lipinski definition) is 2. The lowest BCUT2D eigenvalue weighted by Crippen LogP contribution is -2.77. The summed E-state index contributed by atoms with van der Waals surface area (Å²) in [7, 11) is 0. The monoisotopic (exact) mass is 254 g/mol. The number of rotatable bonds is 2. The molecule has 15 heavy (non-hydrogen) atoms. The van der Waals surface area contributed by atoms with Crippen LogP contribution < -0.4 is 11.3 Å². The molecule has 4 fully saturated rings. The first kappa shape index (κ1) is 13.5. The molecule has 3 nitrogen and oxygen atoms in total. The second-order valence-corrected chi connectivity index (χ2v) is 5.20. The van der Waals surface area contributed by atoms with E-state index in [4.69, 9.17) is 10.6 Å². The van der Waals surface area contributed by atoms with Gasteiger partial charge < -0.3 is 4.74 Å². The summed E-state index contributed by atoms with van der Waals surface area (Å²) < 4.78 is 5.39. The van der Waals surface area contributed by atoms with E-state index < -0.39 is 0 Å². The number of hydrazine groups is 1. The normalized spacial score (nSPS) is 43.0. The zero-order valence-corrected chi connectivity index (χ0v) is 10.5. The van der Waals surface area contributed by atoms with Crippen molar-refractivity contribution < 1.29 is 4.74 Å². The van der Waals surface area contributed by atoms with Crippen LogP contribution in [0, 0.1) is 11.3 Å². The molecule has 0 amide bonds. The molecular formula is C10H20Cl2N2O. The molecule has 4 rings (SSSR count). The molecule has 1 saturated heterocycles. The molecule has 0 spiro atoms. The van der Waals surface area contributed by atoms with E-state index in [1.807, 2.05) is 0 Å². The van der Waals surface area contributed by atoms with Gasteiger partial charge in [-0.15, -0.1) is 24.8 Å². The molecule has 0 aromatic heterocycles. The van der Waals surface area contributed by atoms with Gasteiger partial charge in [0.2, 0.25) is 0 Å². The van der Waals surface area contributed by atoms with Crippen molar-refractivity contribution in [3.63, 3.8) is 0 Å². The van der Waals surface area contributed by atoms with Gasteiger partial charge in [0.1, 0.15) is 0 Å². The Balaban J connectivity index is 0.000000562. The Kier molecular flexibility index (Phi) is 3.95. The van der Waals surface area contributed by atoms with Crippen molar-refractivity contribution in [3.8, 4) is 0 Å². The minimum absolute atomic E-state index is 0. The highest BCUT2D eigenvalue weighted by atomic mass is 35.5. The average Bonchev–Trinajstić information content (AvgIpc) is 2.02. The van der Waals surface area contributed by atoms with Crippen LogP contribution in [-0.2, 0) is 4.74 Å². The van der Waals surface area contributed by atoms with Crippen molar-refractivity contribution in [3.05, 3.63) is 0 Å². The predicted octanol–water partition coefficient (Wildman–Crippen LogP) is 1.64. The molecule has 1 aliphatic heterocycles. The summed E-state index contributed by atoms with van der Waals surface area (Å²) in [5, 5.41) is 0. The lowest BCUT2D eigenvalue weighted by Gasteiger charge is -2.73. The molecule has 0 unspecified atom stereocenters. The van der Waals surface area contributed by atoms with Crippen molar-refractivity contribution in [2.24, 2.45) is 17.2 Å². The van der Waals surface area contributed by atoms with Gasteiger partial charge in [-0.2, -0.15) is 0 Å². The van der Waals surface area contributed by atoms with Crippen LogP contribution in [0.25, 0.3) is 0 Å². The molecule has 3 saturated carbocycles. The Morgan fingerprint density at radius 2 is 1.60 bits per heavy atom. The third-order valence-electron chi connectivity index (χ3n) is 4.46. The van der Waals surface area contributed by atoms with Gasteiger partial charge in [0.15, 0.2) is 0 Å².